The summed E-state index contributed by atoms with van der Waals surface area (Å²) in [5.41, 5.74) is 1.17. The average Bonchev–Trinajstić information content (AvgIpc) is 3.18. The second kappa shape index (κ2) is 7.30. The van der Waals surface area contributed by atoms with Gasteiger partial charge in [-0.25, -0.2) is 4.79 Å². The largest absolute Gasteiger partial charge is 0.372 e. The predicted molar refractivity (Wildman–Crippen MR) is 95.2 cm³/mol. The van der Waals surface area contributed by atoms with Crippen LogP contribution in [0.3, 0.4) is 0 Å². The molecule has 1 aromatic heterocycles. The molecule has 0 saturated carbocycles. The fraction of sp³-hybridized carbons (Fsp3) is 0.684. The van der Waals surface area contributed by atoms with Gasteiger partial charge in [0, 0.05) is 58.2 Å². The smallest absolute Gasteiger partial charge is 0.320 e. The van der Waals surface area contributed by atoms with Crippen LogP contribution in [0.1, 0.15) is 31.2 Å². The molecule has 1 spiro atoms. The fourth-order valence-electron chi connectivity index (χ4n) is 4.32. The summed E-state index contributed by atoms with van der Waals surface area (Å²) in [7, 11) is 0. The molecule has 0 bridgehead atoms. The lowest BCUT2D eigenvalue weighted by Gasteiger charge is -2.47. The maximum atomic E-state index is 12.6. The number of amides is 2. The maximum Gasteiger partial charge on any atom is 0.320 e. The summed E-state index contributed by atoms with van der Waals surface area (Å²) in [4.78, 5) is 23.3. The molecule has 3 aliphatic heterocycles. The minimum atomic E-state index is -0.0811. The molecule has 3 aliphatic rings. The van der Waals surface area contributed by atoms with E-state index in [4.69, 9.17) is 4.74 Å². The predicted octanol–water partition coefficient (Wildman–Crippen LogP) is 1.96. The number of morpholine rings is 1. The van der Waals surface area contributed by atoms with Crippen LogP contribution in [0.25, 0.3) is 0 Å². The first-order chi connectivity index (χ1) is 12.2. The molecule has 6 nitrogen and oxygen atoms in total. The van der Waals surface area contributed by atoms with E-state index in [1.54, 1.807) is 0 Å². The third-order valence-electron chi connectivity index (χ3n) is 5.78. The number of carbonyl (C=O) groups excluding carboxylic acids is 1. The molecule has 0 aliphatic carbocycles. The van der Waals surface area contributed by atoms with Gasteiger partial charge in [-0.05, 0) is 37.3 Å². The van der Waals surface area contributed by atoms with Crippen molar-refractivity contribution in [3.05, 3.63) is 30.1 Å². The molecule has 6 heteroatoms. The van der Waals surface area contributed by atoms with Crippen molar-refractivity contribution in [1.29, 1.82) is 0 Å². The number of hydrogen-bond acceptors (Lipinski definition) is 4. The Morgan fingerprint density at radius 2 is 1.88 bits per heavy atom. The van der Waals surface area contributed by atoms with Gasteiger partial charge in [0.15, 0.2) is 0 Å². The molecule has 4 heterocycles. The maximum absolute atomic E-state index is 12.6. The number of pyridine rings is 1. The highest BCUT2D eigenvalue weighted by atomic mass is 16.5. The number of carbonyl (C=O) groups is 1. The Balaban J connectivity index is 1.33. The van der Waals surface area contributed by atoms with Crippen LogP contribution in [0.15, 0.2) is 24.5 Å². The van der Waals surface area contributed by atoms with Crippen molar-refractivity contribution in [2.24, 2.45) is 0 Å². The van der Waals surface area contributed by atoms with Crippen molar-refractivity contribution in [3.8, 4) is 0 Å². The van der Waals surface area contributed by atoms with Gasteiger partial charge in [0.25, 0.3) is 0 Å². The molecule has 4 rings (SSSR count). The summed E-state index contributed by atoms with van der Waals surface area (Å²) < 4.78 is 6.22. The van der Waals surface area contributed by atoms with Gasteiger partial charge in [0.2, 0.25) is 0 Å². The van der Waals surface area contributed by atoms with Gasteiger partial charge in [0.1, 0.15) is 0 Å². The molecule has 1 aromatic rings. The molecule has 0 radical (unpaired) electrons. The molecule has 0 unspecified atom stereocenters. The molecule has 3 saturated heterocycles. The molecule has 25 heavy (non-hydrogen) atoms. The van der Waals surface area contributed by atoms with Crippen LogP contribution in [0.4, 0.5) is 4.79 Å². The fourth-order valence-corrected chi connectivity index (χ4v) is 4.32. The van der Waals surface area contributed by atoms with E-state index >= 15 is 0 Å². The van der Waals surface area contributed by atoms with Crippen molar-refractivity contribution in [2.75, 3.05) is 45.9 Å². The van der Waals surface area contributed by atoms with Crippen molar-refractivity contribution < 1.29 is 9.53 Å². The lowest BCUT2D eigenvalue weighted by molar-refractivity contribution is -0.134. The van der Waals surface area contributed by atoms with Crippen LogP contribution in [0.5, 0.6) is 0 Å². The highest BCUT2D eigenvalue weighted by Gasteiger charge is 2.41. The summed E-state index contributed by atoms with van der Waals surface area (Å²) in [5.74, 6) is 0. The number of aromatic nitrogens is 1. The second-order valence-electron chi connectivity index (χ2n) is 7.57. The van der Waals surface area contributed by atoms with E-state index in [2.05, 4.69) is 16.0 Å². The number of rotatable bonds is 2. The Morgan fingerprint density at radius 1 is 1.12 bits per heavy atom. The standard InChI is InChI=1S/C19H28N4O2/c24-18(22-8-1-2-9-22)23-10-5-19(6-11-23)16-21(12-13-25-19)15-17-4-3-7-20-14-17/h3-4,7,14H,1-2,5-6,8-13,15-16H2. The quantitative estimate of drug-likeness (QED) is 0.823. The number of nitrogens with zero attached hydrogens (tertiary/aromatic N) is 4. The van der Waals surface area contributed by atoms with E-state index in [9.17, 15) is 4.79 Å². The second-order valence-corrected chi connectivity index (χ2v) is 7.57. The molecule has 0 N–H and O–H groups in total. The van der Waals surface area contributed by atoms with Crippen LogP contribution in [-0.2, 0) is 11.3 Å². The molecule has 0 atom stereocenters. The van der Waals surface area contributed by atoms with E-state index in [0.717, 1.165) is 78.1 Å². The van der Waals surface area contributed by atoms with Crippen molar-refractivity contribution in [2.45, 2.75) is 37.8 Å². The zero-order valence-corrected chi connectivity index (χ0v) is 14.9. The highest BCUT2D eigenvalue weighted by molar-refractivity contribution is 5.74. The molecule has 2 amide bonds. The molecule has 136 valence electrons. The van der Waals surface area contributed by atoms with Crippen LogP contribution >= 0.6 is 0 Å². The number of urea groups is 1. The van der Waals surface area contributed by atoms with Crippen LogP contribution < -0.4 is 0 Å². The number of hydrogen-bond donors (Lipinski definition) is 0. The van der Waals surface area contributed by atoms with Crippen LogP contribution in [0, 0.1) is 0 Å². The number of ether oxygens (including phenoxy) is 1. The van der Waals surface area contributed by atoms with Gasteiger partial charge in [0.05, 0.1) is 12.2 Å². The molecule has 0 aromatic carbocycles. The molecular formula is C19H28N4O2. The summed E-state index contributed by atoms with van der Waals surface area (Å²) in [6.45, 7) is 7.11. The van der Waals surface area contributed by atoms with E-state index in [0.29, 0.717) is 0 Å². The van der Waals surface area contributed by atoms with E-state index in [1.165, 1.54) is 5.56 Å². The molecular weight excluding hydrogens is 316 g/mol. The van der Waals surface area contributed by atoms with Crippen molar-refractivity contribution in [3.63, 3.8) is 0 Å². The van der Waals surface area contributed by atoms with Gasteiger partial charge < -0.3 is 14.5 Å². The lowest BCUT2D eigenvalue weighted by Crippen LogP contribution is -2.58. The Labute approximate surface area is 149 Å². The topological polar surface area (TPSA) is 48.9 Å². The van der Waals surface area contributed by atoms with Gasteiger partial charge in [-0.1, -0.05) is 6.07 Å². The van der Waals surface area contributed by atoms with Gasteiger partial charge in [-0.3, -0.25) is 9.88 Å². The monoisotopic (exact) mass is 344 g/mol. The highest BCUT2D eigenvalue weighted by Crippen LogP contribution is 2.31. The van der Waals surface area contributed by atoms with E-state index in [-0.39, 0.29) is 11.6 Å². The zero-order valence-electron chi connectivity index (χ0n) is 14.9. The normalized spacial score (nSPS) is 24.0. The van der Waals surface area contributed by atoms with Crippen molar-refractivity contribution >= 4 is 6.03 Å². The Bertz CT molecular complexity index is 580. The molecule has 3 fully saturated rings. The third-order valence-corrected chi connectivity index (χ3v) is 5.78. The lowest BCUT2D eigenvalue weighted by atomic mass is 9.89. The minimum Gasteiger partial charge on any atom is -0.372 e. The number of piperidine rings is 1. The van der Waals surface area contributed by atoms with Crippen molar-refractivity contribution in [1.82, 2.24) is 19.7 Å². The van der Waals surface area contributed by atoms with Gasteiger partial charge in [-0.15, -0.1) is 0 Å². The summed E-state index contributed by atoms with van der Waals surface area (Å²) in [5, 5.41) is 0. The van der Waals surface area contributed by atoms with E-state index in [1.807, 2.05) is 28.3 Å². The third kappa shape index (κ3) is 3.80. The van der Waals surface area contributed by atoms with Crippen LogP contribution in [0.2, 0.25) is 0 Å². The first-order valence-electron chi connectivity index (χ1n) is 9.53. The van der Waals surface area contributed by atoms with Gasteiger partial charge in [-0.2, -0.15) is 0 Å². The first-order valence-corrected chi connectivity index (χ1v) is 9.53. The van der Waals surface area contributed by atoms with Crippen LogP contribution in [-0.4, -0.2) is 77.2 Å². The SMILES string of the molecule is O=C(N1CCCC1)N1CCC2(CC1)CN(Cc1cccnc1)CCO2. The number of likely N-dealkylation sites (tertiary alicyclic amines) is 2. The first kappa shape index (κ1) is 16.8. The zero-order chi connectivity index (χ0) is 17.1. The minimum absolute atomic E-state index is 0.0811. The summed E-state index contributed by atoms with van der Waals surface area (Å²) in [6.07, 6.45) is 7.94. The Kier molecular flexibility index (Phi) is 4.90. The van der Waals surface area contributed by atoms with E-state index < -0.39 is 0 Å². The Hall–Kier alpha value is -1.66. The summed E-state index contributed by atoms with van der Waals surface area (Å²) >= 11 is 0. The van der Waals surface area contributed by atoms with Gasteiger partial charge >= 0.3 is 6.03 Å². The Morgan fingerprint density at radius 3 is 2.60 bits per heavy atom. The summed E-state index contributed by atoms with van der Waals surface area (Å²) in [6, 6.07) is 4.36. The average molecular weight is 344 g/mol.